The molecule has 0 heteroatoms. The van der Waals surface area contributed by atoms with Gasteiger partial charge in [-0.3, -0.25) is 0 Å². The molecule has 0 radical (unpaired) electrons. The topological polar surface area (TPSA) is 0 Å². The highest BCUT2D eigenvalue weighted by molar-refractivity contribution is 5.43. The van der Waals surface area contributed by atoms with Crippen molar-refractivity contribution in [3.8, 4) is 0 Å². The van der Waals surface area contributed by atoms with Crippen LogP contribution in [0.5, 0.6) is 0 Å². The summed E-state index contributed by atoms with van der Waals surface area (Å²) in [6.45, 7) is 2.28. The maximum Gasteiger partial charge on any atom is -0.00947 e. The lowest BCUT2D eigenvalue weighted by Crippen LogP contribution is -1.86. The van der Waals surface area contributed by atoms with E-state index >= 15 is 0 Å². The first-order valence-electron chi connectivity index (χ1n) is 3.93. The fraction of sp³-hybridized carbons (Fsp3) is 0.400. The molecule has 0 nitrogen and oxygen atoms in total. The molecule has 2 rings (SSSR count). The van der Waals surface area contributed by atoms with Crippen LogP contribution in [0.1, 0.15) is 19.8 Å². The Balaban J connectivity index is 2.33. The first-order valence-corrected chi connectivity index (χ1v) is 3.93. The van der Waals surface area contributed by atoms with Gasteiger partial charge in [0.15, 0.2) is 0 Å². The van der Waals surface area contributed by atoms with Crippen LogP contribution >= 0.6 is 0 Å². The van der Waals surface area contributed by atoms with Gasteiger partial charge in [-0.25, -0.2) is 0 Å². The molecule has 2 aliphatic carbocycles. The van der Waals surface area contributed by atoms with E-state index in [1.807, 2.05) is 0 Å². The summed E-state index contributed by atoms with van der Waals surface area (Å²) in [6.07, 6.45) is 11.5. The van der Waals surface area contributed by atoms with Gasteiger partial charge >= 0.3 is 0 Å². The average molecular weight is 132 g/mol. The lowest BCUT2D eigenvalue weighted by molar-refractivity contribution is 0.758. The molecule has 10 heavy (non-hydrogen) atoms. The fourth-order valence-corrected chi connectivity index (χ4v) is 1.74. The minimum absolute atomic E-state index is 0.779. The summed E-state index contributed by atoms with van der Waals surface area (Å²) in [5.41, 5.74) is 3.13. The Bertz CT molecular complexity index is 228. The highest BCUT2D eigenvalue weighted by atomic mass is 14.2. The lowest BCUT2D eigenvalue weighted by Gasteiger charge is -2.04. The average Bonchev–Trinajstić information content (AvgIpc) is 2.27. The lowest BCUT2D eigenvalue weighted by atomic mass is 10.0. The zero-order chi connectivity index (χ0) is 6.97. The second kappa shape index (κ2) is 2.12. The Kier molecular flexibility index (Phi) is 1.26. The van der Waals surface area contributed by atoms with Gasteiger partial charge in [0.05, 0.1) is 0 Å². The number of fused-ring (bicyclic) bond motifs is 1. The third-order valence-electron chi connectivity index (χ3n) is 2.21. The van der Waals surface area contributed by atoms with Crippen LogP contribution in [0.25, 0.3) is 0 Å². The number of hydrogen-bond acceptors (Lipinski definition) is 0. The molecule has 2 aliphatic rings. The van der Waals surface area contributed by atoms with E-state index in [9.17, 15) is 0 Å². The van der Waals surface area contributed by atoms with Crippen molar-refractivity contribution in [3.05, 3.63) is 35.5 Å². The van der Waals surface area contributed by atoms with Gasteiger partial charge < -0.3 is 0 Å². The van der Waals surface area contributed by atoms with Gasteiger partial charge in [-0.05, 0) is 29.9 Å². The first kappa shape index (κ1) is 5.96. The Labute approximate surface area is 61.9 Å². The molecule has 0 aromatic rings. The van der Waals surface area contributed by atoms with Crippen LogP contribution in [0.4, 0.5) is 0 Å². The third kappa shape index (κ3) is 0.841. The predicted octanol–water partition coefficient (Wildman–Crippen LogP) is 2.84. The molecule has 0 aliphatic heterocycles. The molecule has 0 aromatic heterocycles. The Morgan fingerprint density at radius 1 is 1.40 bits per heavy atom. The van der Waals surface area contributed by atoms with Crippen molar-refractivity contribution in [1.29, 1.82) is 0 Å². The van der Waals surface area contributed by atoms with Crippen LogP contribution in [0.15, 0.2) is 35.5 Å². The fourth-order valence-electron chi connectivity index (χ4n) is 1.74. The minimum Gasteiger partial charge on any atom is -0.0801 e. The van der Waals surface area contributed by atoms with Gasteiger partial charge in [-0.15, -0.1) is 0 Å². The maximum absolute atomic E-state index is 2.40. The minimum atomic E-state index is 0.779. The van der Waals surface area contributed by atoms with E-state index in [2.05, 4.69) is 31.2 Å². The van der Waals surface area contributed by atoms with Crippen molar-refractivity contribution >= 4 is 0 Å². The SMILES string of the molecule is CC1C=C2CC=CC=C2C1. The van der Waals surface area contributed by atoms with Crippen molar-refractivity contribution in [2.75, 3.05) is 0 Å². The van der Waals surface area contributed by atoms with E-state index in [0.29, 0.717) is 0 Å². The number of rotatable bonds is 0. The highest BCUT2D eigenvalue weighted by Gasteiger charge is 2.16. The van der Waals surface area contributed by atoms with Gasteiger partial charge in [0, 0.05) is 0 Å². The molecular weight excluding hydrogens is 120 g/mol. The molecule has 0 saturated carbocycles. The number of allylic oxidation sites excluding steroid dienone is 6. The van der Waals surface area contributed by atoms with Gasteiger partial charge in [0.1, 0.15) is 0 Å². The van der Waals surface area contributed by atoms with Crippen LogP contribution in [-0.2, 0) is 0 Å². The highest BCUT2D eigenvalue weighted by Crippen LogP contribution is 2.33. The molecule has 0 spiro atoms. The second-order valence-corrected chi connectivity index (χ2v) is 3.20. The van der Waals surface area contributed by atoms with Gasteiger partial charge in [-0.2, -0.15) is 0 Å². The molecular formula is C10H12. The molecule has 0 aromatic carbocycles. The predicted molar refractivity (Wildman–Crippen MR) is 43.7 cm³/mol. The smallest absolute Gasteiger partial charge is 0.00947 e. The van der Waals surface area contributed by atoms with Crippen LogP contribution < -0.4 is 0 Å². The Hall–Kier alpha value is -0.780. The van der Waals surface area contributed by atoms with Crippen molar-refractivity contribution in [1.82, 2.24) is 0 Å². The van der Waals surface area contributed by atoms with E-state index in [-0.39, 0.29) is 0 Å². The van der Waals surface area contributed by atoms with E-state index in [1.165, 1.54) is 6.42 Å². The summed E-state index contributed by atoms with van der Waals surface area (Å²) in [5.74, 6) is 0.779. The zero-order valence-corrected chi connectivity index (χ0v) is 6.30. The van der Waals surface area contributed by atoms with E-state index in [1.54, 1.807) is 11.1 Å². The normalized spacial score (nSPS) is 29.5. The summed E-state index contributed by atoms with van der Waals surface area (Å²) in [7, 11) is 0. The summed E-state index contributed by atoms with van der Waals surface area (Å²) in [6, 6.07) is 0. The molecule has 0 heterocycles. The van der Waals surface area contributed by atoms with Crippen molar-refractivity contribution in [3.63, 3.8) is 0 Å². The van der Waals surface area contributed by atoms with Gasteiger partial charge in [0.2, 0.25) is 0 Å². The molecule has 1 unspecified atom stereocenters. The monoisotopic (exact) mass is 132 g/mol. The van der Waals surface area contributed by atoms with Crippen LogP contribution in [0, 0.1) is 5.92 Å². The zero-order valence-electron chi connectivity index (χ0n) is 6.30. The summed E-state index contributed by atoms with van der Waals surface area (Å²) >= 11 is 0. The molecule has 0 fully saturated rings. The largest absolute Gasteiger partial charge is 0.0801 e. The van der Waals surface area contributed by atoms with Crippen molar-refractivity contribution in [2.24, 2.45) is 5.92 Å². The van der Waals surface area contributed by atoms with E-state index in [0.717, 1.165) is 12.3 Å². The molecule has 0 N–H and O–H groups in total. The summed E-state index contributed by atoms with van der Waals surface area (Å²) in [4.78, 5) is 0. The Morgan fingerprint density at radius 2 is 2.30 bits per heavy atom. The van der Waals surface area contributed by atoms with Gasteiger partial charge in [-0.1, -0.05) is 31.2 Å². The second-order valence-electron chi connectivity index (χ2n) is 3.20. The van der Waals surface area contributed by atoms with Gasteiger partial charge in [0.25, 0.3) is 0 Å². The van der Waals surface area contributed by atoms with Crippen LogP contribution in [0.3, 0.4) is 0 Å². The van der Waals surface area contributed by atoms with Crippen molar-refractivity contribution in [2.45, 2.75) is 19.8 Å². The molecule has 1 atom stereocenters. The molecule has 0 amide bonds. The van der Waals surface area contributed by atoms with E-state index in [4.69, 9.17) is 0 Å². The summed E-state index contributed by atoms with van der Waals surface area (Å²) in [5, 5.41) is 0. The van der Waals surface area contributed by atoms with Crippen LogP contribution in [0.2, 0.25) is 0 Å². The Morgan fingerprint density at radius 3 is 3.10 bits per heavy atom. The maximum atomic E-state index is 2.40. The summed E-state index contributed by atoms with van der Waals surface area (Å²) < 4.78 is 0. The molecule has 52 valence electrons. The first-order chi connectivity index (χ1) is 4.86. The molecule has 0 bridgehead atoms. The standard InChI is InChI=1S/C10H12/c1-8-6-9-4-2-3-5-10(9)7-8/h2-4,7-8H,5-6H2,1H3. The van der Waals surface area contributed by atoms with Crippen LogP contribution in [-0.4, -0.2) is 0 Å². The van der Waals surface area contributed by atoms with E-state index < -0.39 is 0 Å². The number of hydrogen-bond donors (Lipinski definition) is 0. The molecule has 0 saturated heterocycles. The van der Waals surface area contributed by atoms with Crippen molar-refractivity contribution < 1.29 is 0 Å². The quantitative estimate of drug-likeness (QED) is 0.475. The third-order valence-corrected chi connectivity index (χ3v) is 2.21.